The number of ketones is 1. The van der Waals surface area contributed by atoms with Crippen LogP contribution in [0.4, 0.5) is 4.79 Å². The number of hydrogen-bond donors (Lipinski definition) is 1. The third kappa shape index (κ3) is 3.05. The van der Waals surface area contributed by atoms with E-state index in [9.17, 15) is 9.59 Å². The van der Waals surface area contributed by atoms with Crippen molar-refractivity contribution in [3.63, 3.8) is 0 Å². The van der Waals surface area contributed by atoms with E-state index in [0.29, 0.717) is 0 Å². The van der Waals surface area contributed by atoms with E-state index in [1.54, 1.807) is 27.7 Å². The van der Waals surface area contributed by atoms with Crippen molar-refractivity contribution in [2.24, 2.45) is 0 Å². The lowest BCUT2D eigenvalue weighted by Crippen LogP contribution is -2.52. The largest absolute Gasteiger partial charge is 0.465 e. The number of hydrogen-bond acceptors (Lipinski definition) is 2. The smallest absolute Gasteiger partial charge is 0.408 e. The Morgan fingerprint density at radius 1 is 1.31 bits per heavy atom. The molecule has 4 nitrogen and oxygen atoms in total. The number of rotatable bonds is 2. The van der Waals surface area contributed by atoms with Crippen LogP contribution in [0.3, 0.4) is 0 Å². The Labute approximate surface area is 78.5 Å². The van der Waals surface area contributed by atoms with Gasteiger partial charge in [0.05, 0.1) is 6.04 Å². The van der Waals surface area contributed by atoms with Gasteiger partial charge >= 0.3 is 6.09 Å². The van der Waals surface area contributed by atoms with Crippen LogP contribution in [0.2, 0.25) is 0 Å². The Balaban J connectivity index is 4.83. The Bertz CT molecular complexity index is 217. The van der Waals surface area contributed by atoms with Crippen LogP contribution >= 0.6 is 0 Å². The van der Waals surface area contributed by atoms with E-state index in [1.807, 2.05) is 0 Å². The van der Waals surface area contributed by atoms with Gasteiger partial charge in [-0.2, -0.15) is 0 Å². The lowest BCUT2D eigenvalue weighted by atomic mass is 10.0. The summed E-state index contributed by atoms with van der Waals surface area (Å²) in [5.74, 6) is -0.141. The minimum Gasteiger partial charge on any atom is -0.465 e. The molecule has 0 aliphatic rings. The predicted molar refractivity (Wildman–Crippen MR) is 49.8 cm³/mol. The van der Waals surface area contributed by atoms with Crippen molar-refractivity contribution in [2.45, 2.75) is 46.2 Å². The van der Waals surface area contributed by atoms with E-state index in [0.717, 1.165) is 4.90 Å². The first-order valence-electron chi connectivity index (χ1n) is 4.20. The molecule has 13 heavy (non-hydrogen) atoms. The summed E-state index contributed by atoms with van der Waals surface area (Å²) in [4.78, 5) is 23.1. The minimum atomic E-state index is -1.06. The summed E-state index contributed by atoms with van der Waals surface area (Å²) < 4.78 is 0. The second-order valence-electron chi connectivity index (χ2n) is 4.11. The van der Waals surface area contributed by atoms with Crippen molar-refractivity contribution in [1.29, 1.82) is 0 Å². The zero-order chi connectivity index (χ0) is 10.8. The van der Waals surface area contributed by atoms with Crippen LogP contribution < -0.4 is 0 Å². The zero-order valence-electron chi connectivity index (χ0n) is 8.79. The van der Waals surface area contributed by atoms with Crippen molar-refractivity contribution >= 4 is 11.9 Å². The normalized spacial score (nSPS) is 13.6. The monoisotopic (exact) mass is 187 g/mol. The summed E-state index contributed by atoms with van der Waals surface area (Å²) >= 11 is 0. The van der Waals surface area contributed by atoms with E-state index in [-0.39, 0.29) is 5.78 Å². The van der Waals surface area contributed by atoms with E-state index in [4.69, 9.17) is 5.11 Å². The highest BCUT2D eigenvalue weighted by Crippen LogP contribution is 2.17. The van der Waals surface area contributed by atoms with E-state index in [1.165, 1.54) is 6.92 Å². The predicted octanol–water partition coefficient (Wildman–Crippen LogP) is 1.74. The summed E-state index contributed by atoms with van der Waals surface area (Å²) in [5, 5.41) is 8.90. The van der Waals surface area contributed by atoms with Crippen LogP contribution in [0.1, 0.15) is 34.6 Å². The van der Waals surface area contributed by atoms with Gasteiger partial charge in [0.15, 0.2) is 5.78 Å². The van der Waals surface area contributed by atoms with Crippen molar-refractivity contribution in [3.05, 3.63) is 0 Å². The number of carboxylic acid groups (broad SMARTS) is 1. The average Bonchev–Trinajstić information content (AvgIpc) is 1.82. The molecule has 0 saturated carbocycles. The van der Waals surface area contributed by atoms with Gasteiger partial charge < -0.3 is 5.11 Å². The molecular weight excluding hydrogens is 170 g/mol. The first-order chi connectivity index (χ1) is 5.68. The van der Waals surface area contributed by atoms with Crippen LogP contribution in [0, 0.1) is 0 Å². The Morgan fingerprint density at radius 3 is 1.77 bits per heavy atom. The molecule has 76 valence electrons. The highest BCUT2D eigenvalue weighted by molar-refractivity contribution is 5.84. The standard InChI is InChI=1S/C9H17NO3/c1-6(7(2)11)10(8(12)13)9(3,4)5/h6H,1-5H3,(H,12,13)/t6-/m0/s1. The summed E-state index contributed by atoms with van der Waals surface area (Å²) in [5.41, 5.74) is -0.545. The number of nitrogens with zero attached hydrogens (tertiary/aromatic N) is 1. The fourth-order valence-corrected chi connectivity index (χ4v) is 1.22. The number of carbonyl (C=O) groups excluding carboxylic acids is 1. The SMILES string of the molecule is CC(=O)[C@H](C)N(C(=O)O)C(C)(C)C. The third-order valence-corrected chi connectivity index (χ3v) is 1.90. The molecule has 4 heteroatoms. The summed E-state index contributed by atoms with van der Waals surface area (Å²) in [6.07, 6.45) is -1.06. The molecule has 0 radical (unpaired) electrons. The van der Waals surface area contributed by atoms with Gasteiger partial charge in [-0.05, 0) is 34.6 Å². The highest BCUT2D eigenvalue weighted by atomic mass is 16.4. The van der Waals surface area contributed by atoms with Gasteiger partial charge in [-0.3, -0.25) is 9.69 Å². The lowest BCUT2D eigenvalue weighted by Gasteiger charge is -2.36. The van der Waals surface area contributed by atoms with Gasteiger partial charge in [0.2, 0.25) is 0 Å². The summed E-state index contributed by atoms with van der Waals surface area (Å²) in [6.45, 7) is 8.29. The number of carbonyl (C=O) groups is 2. The topological polar surface area (TPSA) is 57.6 Å². The van der Waals surface area contributed by atoms with Gasteiger partial charge in [0.25, 0.3) is 0 Å². The molecule has 1 atom stereocenters. The van der Waals surface area contributed by atoms with Gasteiger partial charge in [-0.25, -0.2) is 4.79 Å². The molecular formula is C9H17NO3. The van der Waals surface area contributed by atoms with Gasteiger partial charge in [-0.1, -0.05) is 0 Å². The van der Waals surface area contributed by atoms with Crippen LogP contribution in [0.25, 0.3) is 0 Å². The molecule has 0 spiro atoms. The average molecular weight is 187 g/mol. The minimum absolute atomic E-state index is 0.141. The van der Waals surface area contributed by atoms with Crippen molar-refractivity contribution in [1.82, 2.24) is 4.90 Å². The maximum absolute atomic E-state index is 11.0. The second kappa shape index (κ2) is 3.77. The molecule has 0 fully saturated rings. The van der Waals surface area contributed by atoms with Crippen molar-refractivity contribution < 1.29 is 14.7 Å². The molecule has 0 unspecified atom stereocenters. The quantitative estimate of drug-likeness (QED) is 0.716. The summed E-state index contributed by atoms with van der Waals surface area (Å²) in [6, 6.07) is -0.586. The molecule has 1 N–H and O–H groups in total. The molecule has 0 bridgehead atoms. The third-order valence-electron chi connectivity index (χ3n) is 1.90. The maximum atomic E-state index is 11.0. The Kier molecular flexibility index (Phi) is 3.46. The van der Waals surface area contributed by atoms with Crippen LogP contribution in [-0.2, 0) is 4.79 Å². The fraction of sp³-hybridized carbons (Fsp3) is 0.778. The van der Waals surface area contributed by atoms with Gasteiger partial charge in [0, 0.05) is 5.54 Å². The highest BCUT2D eigenvalue weighted by Gasteiger charge is 2.32. The number of amides is 1. The van der Waals surface area contributed by atoms with Crippen LogP contribution in [0.15, 0.2) is 0 Å². The molecule has 0 aromatic carbocycles. The van der Waals surface area contributed by atoms with E-state index >= 15 is 0 Å². The zero-order valence-corrected chi connectivity index (χ0v) is 8.79. The molecule has 0 aliphatic heterocycles. The van der Waals surface area contributed by atoms with Crippen molar-refractivity contribution in [3.8, 4) is 0 Å². The molecule has 0 saturated heterocycles. The Hall–Kier alpha value is -1.06. The summed E-state index contributed by atoms with van der Waals surface area (Å²) in [7, 11) is 0. The fourth-order valence-electron chi connectivity index (χ4n) is 1.22. The molecule has 0 heterocycles. The molecule has 0 aromatic rings. The maximum Gasteiger partial charge on any atom is 0.408 e. The first kappa shape index (κ1) is 11.9. The van der Waals surface area contributed by atoms with Crippen LogP contribution in [0.5, 0.6) is 0 Å². The first-order valence-corrected chi connectivity index (χ1v) is 4.20. The van der Waals surface area contributed by atoms with Gasteiger partial charge in [-0.15, -0.1) is 0 Å². The molecule has 0 rings (SSSR count). The second-order valence-corrected chi connectivity index (χ2v) is 4.11. The lowest BCUT2D eigenvalue weighted by molar-refractivity contribution is -0.122. The molecule has 0 aliphatic carbocycles. The van der Waals surface area contributed by atoms with Gasteiger partial charge in [0.1, 0.15) is 0 Å². The Morgan fingerprint density at radius 2 is 1.69 bits per heavy atom. The van der Waals surface area contributed by atoms with Crippen LogP contribution in [-0.4, -0.2) is 33.5 Å². The van der Waals surface area contributed by atoms with E-state index < -0.39 is 17.7 Å². The molecule has 0 aromatic heterocycles. The van der Waals surface area contributed by atoms with Crippen molar-refractivity contribution in [2.75, 3.05) is 0 Å². The number of Topliss-reactive ketones (excluding diaryl/α,β-unsaturated/α-hetero) is 1. The van der Waals surface area contributed by atoms with E-state index in [2.05, 4.69) is 0 Å². The molecule has 1 amide bonds.